The predicted molar refractivity (Wildman–Crippen MR) is 77.6 cm³/mol. The normalized spacial score (nSPS) is 35.8. The Balaban J connectivity index is 1.95. The average molecular weight is 284 g/mol. The van der Waals surface area contributed by atoms with E-state index >= 15 is 0 Å². The molecule has 0 bridgehead atoms. The summed E-state index contributed by atoms with van der Waals surface area (Å²) in [6.45, 7) is 7.16. The molecule has 2 rings (SSSR count). The van der Waals surface area contributed by atoms with Crippen LogP contribution in [0.1, 0.15) is 46.5 Å². The van der Waals surface area contributed by atoms with Gasteiger partial charge in [-0.3, -0.25) is 0 Å². The molecule has 0 radical (unpaired) electrons. The molecular formula is C15H28N2O3. The molecule has 0 aromatic rings. The molecule has 1 aliphatic heterocycles. The van der Waals surface area contributed by atoms with Crippen molar-refractivity contribution >= 4 is 6.03 Å². The maximum Gasteiger partial charge on any atom is 0.317 e. The van der Waals surface area contributed by atoms with E-state index in [0.29, 0.717) is 19.5 Å². The van der Waals surface area contributed by atoms with E-state index in [1.165, 1.54) is 0 Å². The zero-order chi connectivity index (χ0) is 15.0. The number of β-amino-alcohol motifs (C(OH)–C–C–N with tert-alkyl or cyclic N) is 1. The SMILES string of the molecule is CCC1(CC)C(NC(=O)N2CCC(C)(O)C2)CC1OC. The summed E-state index contributed by atoms with van der Waals surface area (Å²) in [6, 6.07) is 0.133. The molecule has 0 spiro atoms. The highest BCUT2D eigenvalue weighted by Gasteiger charge is 2.54. The van der Waals surface area contributed by atoms with E-state index < -0.39 is 5.60 Å². The first-order valence-corrected chi connectivity index (χ1v) is 7.69. The summed E-state index contributed by atoms with van der Waals surface area (Å²) in [5, 5.41) is 13.1. The predicted octanol–water partition coefficient (Wildman–Crippen LogP) is 1.75. The number of likely N-dealkylation sites (tertiary alicyclic amines) is 1. The summed E-state index contributed by atoms with van der Waals surface area (Å²) < 4.78 is 5.55. The molecule has 0 aromatic carbocycles. The zero-order valence-corrected chi connectivity index (χ0v) is 13.1. The molecule has 116 valence electrons. The maximum atomic E-state index is 12.3. The molecular weight excluding hydrogens is 256 g/mol. The van der Waals surface area contributed by atoms with Gasteiger partial charge in [0.15, 0.2) is 0 Å². The third-order valence-corrected chi connectivity index (χ3v) is 5.42. The first-order valence-electron chi connectivity index (χ1n) is 7.69. The Labute approximate surface area is 121 Å². The fraction of sp³-hybridized carbons (Fsp3) is 0.933. The van der Waals surface area contributed by atoms with Crippen molar-refractivity contribution in [1.29, 1.82) is 0 Å². The minimum Gasteiger partial charge on any atom is -0.388 e. The second kappa shape index (κ2) is 5.53. The summed E-state index contributed by atoms with van der Waals surface area (Å²) >= 11 is 0. The molecule has 5 nitrogen and oxygen atoms in total. The van der Waals surface area contributed by atoms with Gasteiger partial charge < -0.3 is 20.1 Å². The summed E-state index contributed by atoms with van der Waals surface area (Å²) in [5.74, 6) is 0. The van der Waals surface area contributed by atoms with Gasteiger partial charge >= 0.3 is 6.03 Å². The second-order valence-electron chi connectivity index (χ2n) is 6.57. The largest absolute Gasteiger partial charge is 0.388 e. The van der Waals surface area contributed by atoms with Crippen molar-refractivity contribution in [2.75, 3.05) is 20.2 Å². The van der Waals surface area contributed by atoms with Gasteiger partial charge in [-0.15, -0.1) is 0 Å². The number of hydrogen-bond donors (Lipinski definition) is 2. The van der Waals surface area contributed by atoms with E-state index in [4.69, 9.17) is 4.74 Å². The van der Waals surface area contributed by atoms with Crippen molar-refractivity contribution < 1.29 is 14.6 Å². The van der Waals surface area contributed by atoms with Crippen LogP contribution in [0.2, 0.25) is 0 Å². The number of methoxy groups -OCH3 is 1. The van der Waals surface area contributed by atoms with E-state index in [1.54, 1.807) is 18.9 Å². The van der Waals surface area contributed by atoms with Gasteiger partial charge in [-0.05, 0) is 32.6 Å². The summed E-state index contributed by atoms with van der Waals surface area (Å²) in [7, 11) is 1.75. The van der Waals surface area contributed by atoms with Crippen LogP contribution in [0.4, 0.5) is 4.79 Å². The monoisotopic (exact) mass is 284 g/mol. The average Bonchev–Trinajstić information content (AvgIpc) is 2.76. The number of ether oxygens (including phenoxy) is 1. The number of nitrogens with one attached hydrogen (secondary N) is 1. The highest BCUT2D eigenvalue weighted by atomic mass is 16.5. The maximum absolute atomic E-state index is 12.3. The first-order chi connectivity index (χ1) is 9.38. The van der Waals surface area contributed by atoms with Gasteiger partial charge in [0.25, 0.3) is 0 Å². The van der Waals surface area contributed by atoms with Gasteiger partial charge in [-0.1, -0.05) is 13.8 Å². The summed E-state index contributed by atoms with van der Waals surface area (Å²) in [5.41, 5.74) is -0.675. The molecule has 3 unspecified atom stereocenters. The quantitative estimate of drug-likeness (QED) is 0.826. The van der Waals surface area contributed by atoms with Crippen LogP contribution in [0, 0.1) is 5.41 Å². The molecule has 1 saturated carbocycles. The fourth-order valence-electron chi connectivity index (χ4n) is 3.84. The summed E-state index contributed by atoms with van der Waals surface area (Å²) in [4.78, 5) is 14.0. The molecule has 1 aliphatic carbocycles. The van der Waals surface area contributed by atoms with Gasteiger partial charge in [-0.25, -0.2) is 4.79 Å². The lowest BCUT2D eigenvalue weighted by Gasteiger charge is -2.55. The highest BCUT2D eigenvalue weighted by molar-refractivity contribution is 5.75. The van der Waals surface area contributed by atoms with Crippen molar-refractivity contribution in [3.8, 4) is 0 Å². The van der Waals surface area contributed by atoms with Gasteiger partial charge in [0.1, 0.15) is 0 Å². The Morgan fingerprint density at radius 1 is 1.45 bits per heavy atom. The molecule has 2 aliphatic rings. The number of nitrogens with zero attached hydrogens (tertiary/aromatic N) is 1. The van der Waals surface area contributed by atoms with Crippen molar-refractivity contribution in [2.45, 2.75) is 64.2 Å². The molecule has 2 amide bonds. The fourth-order valence-corrected chi connectivity index (χ4v) is 3.84. The van der Waals surface area contributed by atoms with Crippen molar-refractivity contribution in [2.24, 2.45) is 5.41 Å². The van der Waals surface area contributed by atoms with Gasteiger partial charge in [-0.2, -0.15) is 0 Å². The molecule has 0 aromatic heterocycles. The lowest BCUT2D eigenvalue weighted by Crippen LogP contribution is -2.65. The van der Waals surface area contributed by atoms with Crippen LogP contribution in [-0.2, 0) is 4.74 Å². The van der Waals surface area contributed by atoms with Crippen molar-refractivity contribution in [3.63, 3.8) is 0 Å². The smallest absolute Gasteiger partial charge is 0.317 e. The zero-order valence-electron chi connectivity index (χ0n) is 13.1. The van der Waals surface area contributed by atoms with Crippen LogP contribution in [0.15, 0.2) is 0 Å². The number of aliphatic hydroxyl groups is 1. The number of carbonyl (C=O) groups is 1. The van der Waals surface area contributed by atoms with Crippen molar-refractivity contribution in [1.82, 2.24) is 10.2 Å². The topological polar surface area (TPSA) is 61.8 Å². The molecule has 3 atom stereocenters. The molecule has 20 heavy (non-hydrogen) atoms. The Morgan fingerprint density at radius 2 is 2.10 bits per heavy atom. The second-order valence-corrected chi connectivity index (χ2v) is 6.57. The van der Waals surface area contributed by atoms with Gasteiger partial charge in [0, 0.05) is 25.1 Å². The molecule has 2 fully saturated rings. The Kier molecular flexibility index (Phi) is 4.30. The first kappa shape index (κ1) is 15.6. The molecule has 2 N–H and O–H groups in total. The minimum atomic E-state index is -0.737. The van der Waals surface area contributed by atoms with E-state index in [-0.39, 0.29) is 23.6 Å². The number of carbonyl (C=O) groups excluding carboxylic acids is 1. The van der Waals surface area contributed by atoms with Crippen LogP contribution in [0.25, 0.3) is 0 Å². The number of hydrogen-bond acceptors (Lipinski definition) is 3. The van der Waals surface area contributed by atoms with Crippen molar-refractivity contribution in [3.05, 3.63) is 0 Å². The van der Waals surface area contributed by atoms with Gasteiger partial charge in [0.05, 0.1) is 18.2 Å². The Morgan fingerprint density at radius 3 is 2.55 bits per heavy atom. The third kappa shape index (κ3) is 2.53. The number of urea groups is 1. The molecule has 1 saturated heterocycles. The summed E-state index contributed by atoms with van der Waals surface area (Å²) in [6.07, 6.45) is 3.78. The third-order valence-electron chi connectivity index (χ3n) is 5.42. The highest BCUT2D eigenvalue weighted by Crippen LogP contribution is 2.48. The lowest BCUT2D eigenvalue weighted by molar-refractivity contribution is -0.120. The Hall–Kier alpha value is -0.810. The van der Waals surface area contributed by atoms with Crippen LogP contribution in [0.5, 0.6) is 0 Å². The van der Waals surface area contributed by atoms with Crippen LogP contribution >= 0.6 is 0 Å². The van der Waals surface area contributed by atoms with Crippen LogP contribution in [-0.4, -0.2) is 54.0 Å². The van der Waals surface area contributed by atoms with Gasteiger partial charge in [0.2, 0.25) is 0 Å². The lowest BCUT2D eigenvalue weighted by atomic mass is 9.58. The Bertz CT molecular complexity index is 366. The molecule has 5 heteroatoms. The van der Waals surface area contributed by atoms with Crippen LogP contribution < -0.4 is 5.32 Å². The number of amides is 2. The van der Waals surface area contributed by atoms with E-state index in [9.17, 15) is 9.90 Å². The van der Waals surface area contributed by atoms with E-state index in [1.807, 2.05) is 0 Å². The minimum absolute atomic E-state index is 0.0476. The van der Waals surface area contributed by atoms with E-state index in [0.717, 1.165) is 19.3 Å². The standard InChI is InChI=1S/C15H28N2O3/c1-5-15(6-2)11(9-12(15)20-4)16-13(18)17-8-7-14(3,19)10-17/h11-12,19H,5-10H2,1-4H3,(H,16,18). The molecule has 1 heterocycles. The van der Waals surface area contributed by atoms with E-state index in [2.05, 4.69) is 19.2 Å². The van der Waals surface area contributed by atoms with Crippen LogP contribution in [0.3, 0.4) is 0 Å². The number of rotatable bonds is 4.